The lowest BCUT2D eigenvalue weighted by atomic mass is 10.1. The number of aryl methyl sites for hydroxylation is 2. The van der Waals surface area contributed by atoms with Crippen molar-refractivity contribution in [3.63, 3.8) is 0 Å². The highest BCUT2D eigenvalue weighted by Crippen LogP contribution is 2.29. The number of benzene rings is 1. The van der Waals surface area contributed by atoms with Gasteiger partial charge in [-0.05, 0) is 48.9 Å². The molecular formula is C16H21N3S. The van der Waals surface area contributed by atoms with Crippen LogP contribution >= 0.6 is 11.3 Å². The third kappa shape index (κ3) is 3.07. The van der Waals surface area contributed by atoms with Crippen molar-refractivity contribution in [1.29, 1.82) is 0 Å². The second-order valence-electron chi connectivity index (χ2n) is 5.86. The smallest absolute Gasteiger partial charge is 0.147 e. The molecule has 0 aliphatic heterocycles. The second-order valence-corrected chi connectivity index (χ2v) is 6.92. The number of rotatable bonds is 5. The highest BCUT2D eigenvalue weighted by molar-refractivity contribution is 7.14. The van der Waals surface area contributed by atoms with Crippen LogP contribution in [-0.2, 0) is 19.4 Å². The summed E-state index contributed by atoms with van der Waals surface area (Å²) in [5.74, 6) is 0.666. The number of nitrogens with zero attached hydrogens (tertiary/aromatic N) is 2. The summed E-state index contributed by atoms with van der Waals surface area (Å²) in [4.78, 5) is 0. The highest BCUT2D eigenvalue weighted by atomic mass is 32.1. The predicted octanol–water partition coefficient (Wildman–Crippen LogP) is 3.44. The van der Waals surface area contributed by atoms with Crippen LogP contribution in [0, 0.1) is 5.92 Å². The Balaban J connectivity index is 1.70. The maximum absolute atomic E-state index is 4.34. The molecule has 3 rings (SSSR count). The fraction of sp³-hybridized carbons (Fsp3) is 0.500. The minimum atomic E-state index is 0.666. The molecule has 0 bridgehead atoms. The van der Waals surface area contributed by atoms with Crippen LogP contribution in [0.3, 0.4) is 0 Å². The summed E-state index contributed by atoms with van der Waals surface area (Å²) >= 11 is 1.70. The van der Waals surface area contributed by atoms with E-state index in [4.69, 9.17) is 0 Å². The zero-order valence-electron chi connectivity index (χ0n) is 12.1. The maximum Gasteiger partial charge on any atom is 0.147 e. The lowest BCUT2D eigenvalue weighted by molar-refractivity contribution is 0.550. The van der Waals surface area contributed by atoms with Gasteiger partial charge < -0.3 is 5.32 Å². The van der Waals surface area contributed by atoms with Crippen molar-refractivity contribution in [3.05, 3.63) is 34.3 Å². The van der Waals surface area contributed by atoms with Gasteiger partial charge in [0.1, 0.15) is 10.0 Å². The molecule has 1 aromatic heterocycles. The van der Waals surface area contributed by atoms with Crippen LogP contribution < -0.4 is 5.32 Å². The third-order valence-electron chi connectivity index (χ3n) is 3.64. The molecule has 1 aliphatic carbocycles. The minimum Gasteiger partial charge on any atom is -0.310 e. The van der Waals surface area contributed by atoms with Gasteiger partial charge in [0.25, 0.3) is 0 Å². The molecule has 0 spiro atoms. The van der Waals surface area contributed by atoms with E-state index >= 15 is 0 Å². The summed E-state index contributed by atoms with van der Waals surface area (Å²) < 4.78 is 0. The Hall–Kier alpha value is -1.26. The molecule has 1 aromatic carbocycles. The van der Waals surface area contributed by atoms with E-state index in [9.17, 15) is 0 Å². The van der Waals surface area contributed by atoms with E-state index in [0.29, 0.717) is 5.92 Å². The molecule has 0 radical (unpaired) electrons. The van der Waals surface area contributed by atoms with Crippen molar-refractivity contribution in [1.82, 2.24) is 15.5 Å². The Morgan fingerprint density at radius 3 is 2.90 bits per heavy atom. The molecule has 1 heterocycles. The van der Waals surface area contributed by atoms with Gasteiger partial charge in [-0.2, -0.15) is 0 Å². The number of nitrogens with one attached hydrogen (secondary N) is 1. The molecule has 20 heavy (non-hydrogen) atoms. The summed E-state index contributed by atoms with van der Waals surface area (Å²) in [6.45, 7) is 6.26. The number of hydrogen-bond acceptors (Lipinski definition) is 4. The zero-order chi connectivity index (χ0) is 13.9. The van der Waals surface area contributed by atoms with Crippen LogP contribution in [0.15, 0.2) is 18.2 Å². The molecule has 0 amide bonds. The van der Waals surface area contributed by atoms with Crippen molar-refractivity contribution in [2.75, 3.05) is 6.54 Å². The van der Waals surface area contributed by atoms with E-state index in [0.717, 1.165) is 23.1 Å². The van der Waals surface area contributed by atoms with E-state index in [1.807, 2.05) is 0 Å². The normalized spacial score (nSPS) is 13.9. The molecule has 0 saturated carbocycles. The molecule has 2 aromatic rings. The van der Waals surface area contributed by atoms with Gasteiger partial charge in [-0.25, -0.2) is 0 Å². The lowest BCUT2D eigenvalue weighted by Crippen LogP contribution is -2.18. The van der Waals surface area contributed by atoms with E-state index in [2.05, 4.69) is 47.6 Å². The van der Waals surface area contributed by atoms with Crippen LogP contribution in [-0.4, -0.2) is 16.7 Å². The minimum absolute atomic E-state index is 0.666. The molecular weight excluding hydrogens is 266 g/mol. The van der Waals surface area contributed by atoms with Crippen molar-refractivity contribution in [3.8, 4) is 10.6 Å². The van der Waals surface area contributed by atoms with Gasteiger partial charge in [-0.3, -0.25) is 0 Å². The van der Waals surface area contributed by atoms with Crippen LogP contribution in [0.25, 0.3) is 10.6 Å². The SMILES string of the molecule is CC(C)CNCc1nnc(-c2ccc3c(c2)CCC3)s1. The van der Waals surface area contributed by atoms with Gasteiger partial charge in [-0.15, -0.1) is 10.2 Å². The Morgan fingerprint density at radius 2 is 2.05 bits per heavy atom. The second kappa shape index (κ2) is 6.02. The van der Waals surface area contributed by atoms with E-state index in [1.54, 1.807) is 11.3 Å². The highest BCUT2D eigenvalue weighted by Gasteiger charge is 2.13. The first-order chi connectivity index (χ1) is 9.72. The Labute approximate surface area is 124 Å². The van der Waals surface area contributed by atoms with Crippen molar-refractivity contribution < 1.29 is 0 Å². The maximum atomic E-state index is 4.34. The Morgan fingerprint density at radius 1 is 1.20 bits per heavy atom. The predicted molar refractivity (Wildman–Crippen MR) is 83.9 cm³/mol. The van der Waals surface area contributed by atoms with Gasteiger partial charge >= 0.3 is 0 Å². The quantitative estimate of drug-likeness (QED) is 0.915. The molecule has 0 fully saturated rings. The molecule has 1 N–H and O–H groups in total. The topological polar surface area (TPSA) is 37.8 Å². The summed E-state index contributed by atoms with van der Waals surface area (Å²) in [7, 11) is 0. The Kier molecular flexibility index (Phi) is 4.13. The first kappa shape index (κ1) is 13.7. The van der Waals surface area contributed by atoms with E-state index in [1.165, 1.54) is 36.0 Å². The molecule has 0 atom stereocenters. The number of fused-ring (bicyclic) bond motifs is 1. The van der Waals surface area contributed by atoms with Gasteiger partial charge in [0.05, 0.1) is 0 Å². The van der Waals surface area contributed by atoms with Crippen LogP contribution in [0.2, 0.25) is 0 Å². The van der Waals surface area contributed by atoms with Gasteiger partial charge in [0.2, 0.25) is 0 Å². The van der Waals surface area contributed by atoms with Crippen LogP contribution in [0.1, 0.15) is 36.4 Å². The number of hydrogen-bond donors (Lipinski definition) is 1. The standard InChI is InChI=1S/C16H21N3S/c1-11(2)9-17-10-15-18-19-16(20-15)14-7-6-12-4-3-5-13(12)8-14/h6-8,11,17H,3-5,9-10H2,1-2H3. The van der Waals surface area contributed by atoms with Crippen molar-refractivity contribution in [2.24, 2.45) is 5.92 Å². The average Bonchev–Trinajstić information content (AvgIpc) is 3.05. The van der Waals surface area contributed by atoms with E-state index in [-0.39, 0.29) is 0 Å². The molecule has 4 heteroatoms. The average molecular weight is 287 g/mol. The molecule has 0 unspecified atom stereocenters. The molecule has 3 nitrogen and oxygen atoms in total. The summed E-state index contributed by atoms with van der Waals surface area (Å²) in [5, 5.41) is 14.2. The zero-order valence-corrected chi connectivity index (χ0v) is 13.0. The third-order valence-corrected chi connectivity index (χ3v) is 4.61. The van der Waals surface area contributed by atoms with Gasteiger partial charge in [-0.1, -0.05) is 37.3 Å². The Bertz CT molecular complexity index is 589. The van der Waals surface area contributed by atoms with Crippen LogP contribution in [0.5, 0.6) is 0 Å². The summed E-state index contributed by atoms with van der Waals surface area (Å²) in [5.41, 5.74) is 4.23. The molecule has 1 aliphatic rings. The first-order valence-electron chi connectivity index (χ1n) is 7.37. The van der Waals surface area contributed by atoms with Gasteiger partial charge in [0, 0.05) is 12.1 Å². The number of aromatic nitrogens is 2. The summed E-state index contributed by atoms with van der Waals surface area (Å²) in [6, 6.07) is 6.75. The van der Waals surface area contributed by atoms with E-state index < -0.39 is 0 Å². The lowest BCUT2D eigenvalue weighted by Gasteiger charge is -2.04. The largest absolute Gasteiger partial charge is 0.310 e. The van der Waals surface area contributed by atoms with Gasteiger partial charge in [0.15, 0.2) is 0 Å². The van der Waals surface area contributed by atoms with Crippen molar-refractivity contribution >= 4 is 11.3 Å². The first-order valence-corrected chi connectivity index (χ1v) is 8.19. The molecule has 0 saturated heterocycles. The fourth-order valence-corrected chi connectivity index (χ4v) is 3.42. The monoisotopic (exact) mass is 287 g/mol. The van der Waals surface area contributed by atoms with Crippen molar-refractivity contribution in [2.45, 2.75) is 39.7 Å². The van der Waals surface area contributed by atoms with Crippen LogP contribution in [0.4, 0.5) is 0 Å². The molecule has 106 valence electrons. The fourth-order valence-electron chi connectivity index (χ4n) is 2.61. The summed E-state index contributed by atoms with van der Waals surface area (Å²) in [6.07, 6.45) is 3.74.